The minimum atomic E-state index is -0.751. The van der Waals surface area contributed by atoms with E-state index in [1.165, 1.54) is 35.5 Å². The summed E-state index contributed by atoms with van der Waals surface area (Å²) >= 11 is 0. The van der Waals surface area contributed by atoms with Crippen molar-refractivity contribution in [1.29, 1.82) is 0 Å². The molecule has 239 valence electrons. The Bertz CT molecular complexity index is 938. The average molecular weight is 650 g/mol. The average Bonchev–Trinajstić information content (AvgIpc) is 2.97. The summed E-state index contributed by atoms with van der Waals surface area (Å²) in [5, 5.41) is 33.4. The summed E-state index contributed by atoms with van der Waals surface area (Å²) in [5.74, 6) is -5.33. The Morgan fingerprint density at radius 3 is 0.814 bits per heavy atom. The number of ether oxygens (including phenoxy) is 3. The first-order chi connectivity index (χ1) is 19.8. The van der Waals surface area contributed by atoms with Gasteiger partial charge in [-0.15, -0.1) is 0 Å². The van der Waals surface area contributed by atoms with Crippen LogP contribution < -0.4 is 15.3 Å². The third-order valence-corrected chi connectivity index (χ3v) is 5.53. The molecule has 0 bridgehead atoms. The number of nitrogens with zero attached hydrogens (tertiary/aromatic N) is 3. The Balaban J connectivity index is 0.000000608. The SMILES string of the molecule is CC(=O)/C=C(\[O-])C(=O)N1CCOCC1.CC(=O)/C=C(\[O-])C(=O)N1CCOCC1.CC(=O)/C=C(\[O-])C(=O)N1CCOCC1.[Fe+3]. The normalized spacial score (nSPS) is 17.7. The van der Waals surface area contributed by atoms with E-state index >= 15 is 0 Å². The van der Waals surface area contributed by atoms with Gasteiger partial charge in [0.25, 0.3) is 0 Å². The van der Waals surface area contributed by atoms with Gasteiger partial charge in [-0.1, -0.05) is 0 Å². The summed E-state index contributed by atoms with van der Waals surface area (Å²) in [6.45, 7) is 8.86. The molecule has 0 aromatic carbocycles. The van der Waals surface area contributed by atoms with Gasteiger partial charge in [-0.3, -0.25) is 28.8 Å². The van der Waals surface area contributed by atoms with Crippen LogP contribution in [0.4, 0.5) is 0 Å². The third-order valence-electron chi connectivity index (χ3n) is 5.53. The van der Waals surface area contributed by atoms with E-state index in [-0.39, 0.29) is 17.1 Å². The Labute approximate surface area is 260 Å². The van der Waals surface area contributed by atoms with Crippen LogP contribution in [0.25, 0.3) is 0 Å². The van der Waals surface area contributed by atoms with Crippen molar-refractivity contribution in [3.63, 3.8) is 0 Å². The maximum absolute atomic E-state index is 11.4. The number of hydrogen-bond donors (Lipinski definition) is 0. The second-order valence-corrected chi connectivity index (χ2v) is 9.07. The van der Waals surface area contributed by atoms with Crippen molar-refractivity contribution in [1.82, 2.24) is 14.7 Å². The van der Waals surface area contributed by atoms with Crippen LogP contribution >= 0.6 is 0 Å². The second kappa shape index (κ2) is 21.2. The van der Waals surface area contributed by atoms with Crippen LogP contribution in [0.2, 0.25) is 0 Å². The zero-order chi connectivity index (χ0) is 31.7. The monoisotopic (exact) mass is 650 g/mol. The number of morpholine rings is 3. The molecule has 0 unspecified atom stereocenters. The number of carbonyl (C=O) groups excluding carboxylic acids is 6. The van der Waals surface area contributed by atoms with Crippen LogP contribution in [0.15, 0.2) is 35.5 Å². The van der Waals surface area contributed by atoms with E-state index in [9.17, 15) is 44.1 Å². The molecule has 1 radical (unpaired) electrons. The Morgan fingerprint density at radius 2 is 0.651 bits per heavy atom. The zero-order valence-electron chi connectivity index (χ0n) is 24.3. The molecule has 3 saturated heterocycles. The van der Waals surface area contributed by atoms with Crippen LogP contribution in [0.3, 0.4) is 0 Å². The molecule has 0 saturated carbocycles. The maximum atomic E-state index is 11.4. The third kappa shape index (κ3) is 16.0. The molecule has 0 N–H and O–H groups in total. The second-order valence-electron chi connectivity index (χ2n) is 9.07. The summed E-state index contributed by atoms with van der Waals surface area (Å²) < 4.78 is 15.1. The van der Waals surface area contributed by atoms with Crippen molar-refractivity contribution < 1.29 is 75.4 Å². The van der Waals surface area contributed by atoms with Gasteiger partial charge in [-0.25, -0.2) is 0 Å². The van der Waals surface area contributed by atoms with Crippen molar-refractivity contribution in [2.24, 2.45) is 0 Å². The number of hydrogen-bond acceptors (Lipinski definition) is 12. The quantitative estimate of drug-likeness (QED) is 0.153. The van der Waals surface area contributed by atoms with Crippen molar-refractivity contribution in [2.75, 3.05) is 78.9 Å². The number of amides is 3. The van der Waals surface area contributed by atoms with Gasteiger partial charge in [0.1, 0.15) is 0 Å². The molecule has 3 amide bonds. The fourth-order valence-corrected chi connectivity index (χ4v) is 3.51. The van der Waals surface area contributed by atoms with Crippen LogP contribution in [0.5, 0.6) is 0 Å². The van der Waals surface area contributed by atoms with E-state index in [4.69, 9.17) is 14.2 Å². The summed E-state index contributed by atoms with van der Waals surface area (Å²) in [5.41, 5.74) is 0. The van der Waals surface area contributed by atoms with Gasteiger partial charge in [-0.05, 0) is 56.3 Å². The van der Waals surface area contributed by atoms with E-state index in [0.29, 0.717) is 78.9 Å². The van der Waals surface area contributed by atoms with E-state index in [1.54, 1.807) is 0 Å². The molecule has 0 aliphatic carbocycles. The number of rotatable bonds is 6. The van der Waals surface area contributed by atoms with Crippen LogP contribution in [0.1, 0.15) is 20.8 Å². The number of allylic oxidation sites excluding steroid dienone is 3. The summed E-state index contributed by atoms with van der Waals surface area (Å²) in [4.78, 5) is 70.0. The fourth-order valence-electron chi connectivity index (χ4n) is 3.51. The molecule has 0 aromatic heterocycles. The Kier molecular flexibility index (Phi) is 19.4. The van der Waals surface area contributed by atoms with Gasteiger partial charge in [-0.2, -0.15) is 0 Å². The van der Waals surface area contributed by atoms with E-state index < -0.39 is 52.3 Å². The molecule has 0 aromatic rings. The molecule has 3 rings (SSSR count). The molecule has 15 nitrogen and oxygen atoms in total. The first kappa shape index (κ1) is 39.4. The van der Waals surface area contributed by atoms with Gasteiger partial charge in [0, 0.05) is 39.3 Å². The minimum absolute atomic E-state index is 0. The molecule has 3 heterocycles. The van der Waals surface area contributed by atoms with Gasteiger partial charge < -0.3 is 44.2 Å². The standard InChI is InChI=1S/3C9H13NO4.Fe/c3*1-7(11)6-8(12)9(13)10-2-4-14-5-3-10;/h3*6,12H,2-5H2,1H3;/q;;;+3/p-3/b3*8-6-;. The summed E-state index contributed by atoms with van der Waals surface area (Å²) in [6, 6.07) is 0. The zero-order valence-corrected chi connectivity index (χ0v) is 25.4. The molecule has 16 heteroatoms. The van der Waals surface area contributed by atoms with Crippen LogP contribution in [-0.4, -0.2) is 129 Å². The number of carbonyl (C=O) groups is 6. The molecule has 3 aliphatic rings. The Hall–Kier alpha value is -3.56. The first-order valence-electron chi connectivity index (χ1n) is 13.1. The van der Waals surface area contributed by atoms with Crippen molar-refractivity contribution in [3.8, 4) is 0 Å². The van der Waals surface area contributed by atoms with Gasteiger partial charge in [0.15, 0.2) is 17.3 Å². The molecule has 0 atom stereocenters. The fraction of sp³-hybridized carbons (Fsp3) is 0.556. The van der Waals surface area contributed by atoms with E-state index in [1.807, 2.05) is 0 Å². The van der Waals surface area contributed by atoms with Crippen molar-refractivity contribution in [3.05, 3.63) is 35.5 Å². The molecule has 3 aliphatic heterocycles. The maximum Gasteiger partial charge on any atom is 3.00 e. The van der Waals surface area contributed by atoms with E-state index in [2.05, 4.69) is 0 Å². The summed E-state index contributed by atoms with van der Waals surface area (Å²) in [7, 11) is 0. The topological polar surface area (TPSA) is 209 Å². The smallest absolute Gasteiger partial charge is 0.869 e. The van der Waals surface area contributed by atoms with Gasteiger partial charge >= 0.3 is 17.1 Å². The molecular formula is C27H36FeN3O12. The van der Waals surface area contributed by atoms with Gasteiger partial charge in [0.2, 0.25) is 17.7 Å². The largest absolute Gasteiger partial charge is 3.00 e. The first-order valence-corrected chi connectivity index (χ1v) is 13.1. The van der Waals surface area contributed by atoms with Crippen LogP contribution in [-0.2, 0) is 60.0 Å². The molecular weight excluding hydrogens is 614 g/mol. The summed E-state index contributed by atoms with van der Waals surface area (Å²) in [6.07, 6.45) is 2.45. The van der Waals surface area contributed by atoms with Crippen LogP contribution in [0, 0.1) is 0 Å². The van der Waals surface area contributed by atoms with Gasteiger partial charge in [0.05, 0.1) is 39.6 Å². The predicted octanol–water partition coefficient (Wildman–Crippen LogP) is -3.97. The molecule has 0 spiro atoms. The van der Waals surface area contributed by atoms with Crippen molar-refractivity contribution >= 4 is 35.1 Å². The number of ketones is 3. The minimum Gasteiger partial charge on any atom is -0.869 e. The van der Waals surface area contributed by atoms with E-state index in [0.717, 1.165) is 18.2 Å². The Morgan fingerprint density at radius 1 is 0.465 bits per heavy atom. The molecule has 3 fully saturated rings. The van der Waals surface area contributed by atoms with Crippen molar-refractivity contribution in [2.45, 2.75) is 20.8 Å². The predicted molar refractivity (Wildman–Crippen MR) is 138 cm³/mol. The molecule has 43 heavy (non-hydrogen) atoms.